The SMILES string of the molecule is Cc1cc2nc3c(=O)[nH]c(=O)nc-3n(C[C@@H](O)[C@@H](O)[C@@H](O)CO)c2cc1C(Cl)Cl. The summed E-state index contributed by atoms with van der Waals surface area (Å²) in [5.74, 6) is -0.133. The van der Waals surface area contributed by atoms with Crippen LogP contribution in [0.15, 0.2) is 21.7 Å². The lowest BCUT2D eigenvalue weighted by atomic mass is 10.1. The van der Waals surface area contributed by atoms with Crippen LogP contribution in [0.2, 0.25) is 0 Å². The van der Waals surface area contributed by atoms with Crippen LogP contribution in [0.25, 0.3) is 22.6 Å². The van der Waals surface area contributed by atoms with Crippen molar-refractivity contribution in [2.45, 2.75) is 36.6 Å². The zero-order valence-corrected chi connectivity index (χ0v) is 16.6. The molecular formula is C17H18Cl2N4O6. The first-order chi connectivity index (χ1) is 13.6. The van der Waals surface area contributed by atoms with E-state index in [0.717, 1.165) is 0 Å². The minimum Gasteiger partial charge on any atom is -0.394 e. The number of aromatic nitrogens is 4. The van der Waals surface area contributed by atoms with Gasteiger partial charge in [0.2, 0.25) is 0 Å². The van der Waals surface area contributed by atoms with Gasteiger partial charge in [0.1, 0.15) is 23.1 Å². The number of H-pyrrole nitrogens is 1. The highest BCUT2D eigenvalue weighted by Gasteiger charge is 2.28. The maximum atomic E-state index is 12.2. The van der Waals surface area contributed by atoms with Crippen molar-refractivity contribution in [3.8, 4) is 11.5 Å². The number of aromatic amines is 1. The van der Waals surface area contributed by atoms with Crippen molar-refractivity contribution in [3.63, 3.8) is 0 Å². The molecule has 1 aromatic rings. The molecule has 0 saturated carbocycles. The van der Waals surface area contributed by atoms with Gasteiger partial charge in [0, 0.05) is 0 Å². The number of hydrogen-bond donors (Lipinski definition) is 5. The molecule has 2 aliphatic rings. The molecular weight excluding hydrogens is 427 g/mol. The molecule has 1 aromatic carbocycles. The third-order valence-corrected chi connectivity index (χ3v) is 5.05. The Hall–Kier alpha value is -2.08. The molecule has 0 aliphatic carbocycles. The quantitative estimate of drug-likeness (QED) is 0.249. The van der Waals surface area contributed by atoms with E-state index in [1.165, 1.54) is 4.57 Å². The second-order valence-electron chi connectivity index (χ2n) is 6.57. The maximum Gasteiger partial charge on any atom is 0.349 e. The van der Waals surface area contributed by atoms with E-state index in [4.69, 9.17) is 28.3 Å². The Kier molecular flexibility index (Phi) is 6.22. The maximum absolute atomic E-state index is 12.2. The normalized spacial score (nSPS) is 15.2. The van der Waals surface area contributed by atoms with Gasteiger partial charge >= 0.3 is 5.69 Å². The third-order valence-electron chi connectivity index (χ3n) is 4.58. The molecule has 0 bridgehead atoms. The van der Waals surface area contributed by atoms with Gasteiger partial charge in [0.15, 0.2) is 11.5 Å². The zero-order chi connectivity index (χ0) is 21.5. The summed E-state index contributed by atoms with van der Waals surface area (Å²) in [7, 11) is 0. The van der Waals surface area contributed by atoms with E-state index in [-0.39, 0.29) is 18.1 Å². The number of halogens is 2. The number of hydrogen-bond acceptors (Lipinski definition) is 8. The summed E-state index contributed by atoms with van der Waals surface area (Å²) >= 11 is 12.0. The molecule has 0 saturated heterocycles. The minimum absolute atomic E-state index is 0.133. The molecule has 29 heavy (non-hydrogen) atoms. The Bertz CT molecular complexity index is 1130. The lowest BCUT2D eigenvalue weighted by Crippen LogP contribution is -2.42. The summed E-state index contributed by atoms with van der Waals surface area (Å²) in [5.41, 5.74) is 0.0788. The number of rotatable bonds is 6. The van der Waals surface area contributed by atoms with Crippen molar-refractivity contribution >= 4 is 34.2 Å². The highest BCUT2D eigenvalue weighted by molar-refractivity contribution is 6.44. The van der Waals surface area contributed by atoms with Gasteiger partial charge in [-0.1, -0.05) is 0 Å². The summed E-state index contributed by atoms with van der Waals surface area (Å²) in [4.78, 5) is 33.2. The Morgan fingerprint density at radius 2 is 1.83 bits per heavy atom. The van der Waals surface area contributed by atoms with E-state index in [0.29, 0.717) is 22.2 Å². The molecule has 0 radical (unpaired) electrons. The van der Waals surface area contributed by atoms with E-state index in [9.17, 15) is 24.9 Å². The van der Waals surface area contributed by atoms with Gasteiger partial charge in [-0.25, -0.2) is 9.78 Å². The van der Waals surface area contributed by atoms with E-state index >= 15 is 0 Å². The fraction of sp³-hybridized carbons (Fsp3) is 0.412. The van der Waals surface area contributed by atoms with Crippen molar-refractivity contribution in [3.05, 3.63) is 44.1 Å². The number of nitrogens with zero attached hydrogens (tertiary/aromatic N) is 3. The van der Waals surface area contributed by atoms with Gasteiger partial charge < -0.3 is 25.0 Å². The summed E-state index contributed by atoms with van der Waals surface area (Å²) in [6, 6.07) is 3.21. The predicted molar refractivity (Wildman–Crippen MR) is 105 cm³/mol. The smallest absolute Gasteiger partial charge is 0.349 e. The van der Waals surface area contributed by atoms with Crippen LogP contribution in [0, 0.1) is 6.92 Å². The van der Waals surface area contributed by atoms with Crippen LogP contribution in [0.1, 0.15) is 16.0 Å². The second kappa shape index (κ2) is 8.34. The fourth-order valence-corrected chi connectivity index (χ4v) is 3.51. The number of benzene rings is 1. The molecule has 0 amide bonds. The van der Waals surface area contributed by atoms with E-state index in [1.54, 1.807) is 19.1 Å². The van der Waals surface area contributed by atoms with Crippen LogP contribution in [0.3, 0.4) is 0 Å². The topological polar surface area (TPSA) is 162 Å². The van der Waals surface area contributed by atoms with Crippen LogP contribution >= 0.6 is 23.2 Å². The van der Waals surface area contributed by atoms with Gasteiger partial charge in [-0.15, -0.1) is 23.2 Å². The first kappa shape index (κ1) is 21.6. The van der Waals surface area contributed by atoms with Crippen LogP contribution in [-0.2, 0) is 6.54 Å². The Morgan fingerprint density at radius 3 is 2.45 bits per heavy atom. The van der Waals surface area contributed by atoms with E-state index < -0.39 is 41.0 Å². The Labute approximate surface area is 173 Å². The van der Waals surface area contributed by atoms with Crippen LogP contribution in [0.4, 0.5) is 0 Å². The first-order valence-electron chi connectivity index (χ1n) is 8.52. The highest BCUT2D eigenvalue weighted by atomic mass is 35.5. The summed E-state index contributed by atoms with van der Waals surface area (Å²) in [6.45, 7) is 0.608. The molecule has 2 aliphatic heterocycles. The van der Waals surface area contributed by atoms with Gasteiger partial charge in [-0.2, -0.15) is 4.98 Å². The van der Waals surface area contributed by atoms with E-state index in [2.05, 4.69) is 9.97 Å². The first-order valence-corrected chi connectivity index (χ1v) is 9.39. The monoisotopic (exact) mass is 444 g/mol. The van der Waals surface area contributed by atoms with Gasteiger partial charge in [0.25, 0.3) is 5.56 Å². The summed E-state index contributed by atoms with van der Waals surface area (Å²) in [6.07, 6.45) is -4.86. The molecule has 0 fully saturated rings. The number of aryl methyl sites for hydroxylation is 1. The number of aliphatic hydroxyl groups excluding tert-OH is 4. The van der Waals surface area contributed by atoms with Crippen LogP contribution < -0.4 is 11.2 Å². The third kappa shape index (κ3) is 4.13. The van der Waals surface area contributed by atoms with Crippen molar-refractivity contribution in [2.75, 3.05) is 6.61 Å². The number of aliphatic hydroxyl groups is 4. The molecule has 156 valence electrons. The summed E-state index contributed by atoms with van der Waals surface area (Å²) < 4.78 is 1.31. The van der Waals surface area contributed by atoms with Crippen molar-refractivity contribution in [1.82, 2.24) is 19.5 Å². The molecule has 0 spiro atoms. The molecule has 2 heterocycles. The average molecular weight is 445 g/mol. The largest absolute Gasteiger partial charge is 0.394 e. The van der Waals surface area contributed by atoms with Crippen molar-refractivity contribution < 1.29 is 20.4 Å². The lowest BCUT2D eigenvalue weighted by molar-refractivity contribution is -0.0802. The highest BCUT2D eigenvalue weighted by Crippen LogP contribution is 2.32. The standard InChI is InChI=1S/C17H18Cl2N4O6/c1-6-2-8-9(3-7(6)14(18)19)23(4-10(25)13(27)11(26)5-24)15-12(20-8)16(28)22-17(29)21-15/h2-3,10-11,13-14,24-27H,4-5H2,1H3,(H,22,28,29)/t10-,11+,13-/m1/s1. The Balaban J connectivity index is 2.31. The molecule has 10 nitrogen and oxygen atoms in total. The van der Waals surface area contributed by atoms with Crippen molar-refractivity contribution in [2.24, 2.45) is 0 Å². The zero-order valence-electron chi connectivity index (χ0n) is 15.1. The van der Waals surface area contributed by atoms with Crippen LogP contribution in [-0.4, -0.2) is 64.9 Å². The lowest BCUT2D eigenvalue weighted by Gasteiger charge is -2.25. The molecule has 3 atom stereocenters. The van der Waals surface area contributed by atoms with Crippen LogP contribution in [0.5, 0.6) is 0 Å². The second-order valence-corrected chi connectivity index (χ2v) is 7.67. The molecule has 3 rings (SSSR count). The van der Waals surface area contributed by atoms with Crippen molar-refractivity contribution in [1.29, 1.82) is 0 Å². The van der Waals surface area contributed by atoms with E-state index in [1.807, 2.05) is 4.98 Å². The number of alkyl halides is 2. The minimum atomic E-state index is -1.70. The molecule has 5 N–H and O–H groups in total. The number of nitrogens with one attached hydrogen (secondary N) is 1. The summed E-state index contributed by atoms with van der Waals surface area (Å²) in [5, 5.41) is 39.0. The van der Waals surface area contributed by atoms with Gasteiger partial charge in [-0.3, -0.25) is 9.78 Å². The van der Waals surface area contributed by atoms with Gasteiger partial charge in [0.05, 0.1) is 24.2 Å². The predicted octanol–water partition coefficient (Wildman–Crippen LogP) is -0.556. The molecule has 0 unspecified atom stereocenters. The molecule has 0 aromatic heterocycles. The molecule has 12 heteroatoms. The fourth-order valence-electron chi connectivity index (χ4n) is 3.04. The average Bonchev–Trinajstić information content (AvgIpc) is 2.66. The number of fused-ring (bicyclic) bond motifs is 2. The van der Waals surface area contributed by atoms with Gasteiger partial charge in [-0.05, 0) is 30.2 Å². The Morgan fingerprint density at radius 1 is 1.14 bits per heavy atom.